The van der Waals surface area contributed by atoms with Crippen LogP contribution in [0.1, 0.15) is 31.2 Å². The van der Waals surface area contributed by atoms with E-state index in [9.17, 15) is 0 Å². The molecule has 20 heavy (non-hydrogen) atoms. The molecule has 1 aromatic carbocycles. The fourth-order valence-corrected chi connectivity index (χ4v) is 3.05. The lowest BCUT2D eigenvalue weighted by molar-refractivity contribution is 0.303. The smallest absolute Gasteiger partial charge is 0.203 e. The van der Waals surface area contributed by atoms with Gasteiger partial charge in [0.25, 0.3) is 0 Å². The second kappa shape index (κ2) is 6.84. The van der Waals surface area contributed by atoms with E-state index in [1.807, 2.05) is 12.1 Å². The fraction of sp³-hybridized carbons (Fsp3) is 0.625. The van der Waals surface area contributed by atoms with E-state index >= 15 is 0 Å². The van der Waals surface area contributed by atoms with Crippen molar-refractivity contribution in [1.29, 1.82) is 0 Å². The highest BCUT2D eigenvalue weighted by Gasteiger charge is 2.23. The summed E-state index contributed by atoms with van der Waals surface area (Å²) in [5.74, 6) is 2.62. The molecule has 2 rings (SSSR count). The van der Waals surface area contributed by atoms with Crippen LogP contribution in [0.3, 0.4) is 0 Å². The zero-order valence-electron chi connectivity index (χ0n) is 12.6. The molecule has 0 bridgehead atoms. The average molecular weight is 279 g/mol. The molecule has 0 radical (unpaired) electrons. The summed E-state index contributed by atoms with van der Waals surface area (Å²) in [6, 6.07) is 4.37. The van der Waals surface area contributed by atoms with Gasteiger partial charge in [-0.15, -0.1) is 0 Å². The van der Waals surface area contributed by atoms with Crippen molar-refractivity contribution >= 4 is 0 Å². The monoisotopic (exact) mass is 279 g/mol. The second-order valence-electron chi connectivity index (χ2n) is 5.45. The number of rotatable bonds is 5. The van der Waals surface area contributed by atoms with Gasteiger partial charge >= 0.3 is 0 Å². The topological polar surface area (TPSA) is 53.7 Å². The van der Waals surface area contributed by atoms with Crippen molar-refractivity contribution in [1.82, 2.24) is 0 Å². The van der Waals surface area contributed by atoms with Crippen LogP contribution in [0, 0.1) is 5.92 Å². The number of hydrogen-bond donors (Lipinski definition) is 1. The molecule has 1 aromatic rings. The molecule has 2 unspecified atom stereocenters. The number of methoxy groups -OCH3 is 3. The molecule has 1 aliphatic carbocycles. The van der Waals surface area contributed by atoms with Crippen LogP contribution in [-0.4, -0.2) is 27.4 Å². The van der Waals surface area contributed by atoms with E-state index in [1.54, 1.807) is 21.3 Å². The third-order valence-electron chi connectivity index (χ3n) is 4.19. The Kier molecular flexibility index (Phi) is 5.12. The molecule has 4 nitrogen and oxygen atoms in total. The first-order chi connectivity index (χ1) is 9.69. The molecular formula is C16H25NO3. The van der Waals surface area contributed by atoms with E-state index in [4.69, 9.17) is 19.9 Å². The number of nitrogens with two attached hydrogens (primary N) is 1. The highest BCUT2D eigenvalue weighted by Crippen LogP contribution is 2.39. The number of ether oxygens (including phenoxy) is 3. The van der Waals surface area contributed by atoms with E-state index in [-0.39, 0.29) is 0 Å². The van der Waals surface area contributed by atoms with Crippen LogP contribution in [0.15, 0.2) is 12.1 Å². The van der Waals surface area contributed by atoms with Crippen LogP contribution in [0.5, 0.6) is 17.2 Å². The largest absolute Gasteiger partial charge is 0.493 e. The molecule has 0 heterocycles. The maximum Gasteiger partial charge on any atom is 0.203 e. The molecule has 0 saturated heterocycles. The standard InChI is InChI=1S/C16H25NO3/c1-18-14-9-11(10-15(19-2)16(14)20-3)8-12-6-4-5-7-13(12)17/h9-10,12-13H,4-8,17H2,1-3H3. The molecule has 0 aromatic heterocycles. The summed E-state index contributed by atoms with van der Waals surface area (Å²) in [7, 11) is 4.91. The lowest BCUT2D eigenvalue weighted by atomic mass is 9.81. The minimum atomic E-state index is 0.308. The van der Waals surface area contributed by atoms with Gasteiger partial charge in [-0.05, 0) is 42.9 Å². The van der Waals surface area contributed by atoms with Gasteiger partial charge in [0.05, 0.1) is 21.3 Å². The van der Waals surface area contributed by atoms with Crippen molar-refractivity contribution in [2.45, 2.75) is 38.1 Å². The van der Waals surface area contributed by atoms with Gasteiger partial charge in [-0.25, -0.2) is 0 Å². The Morgan fingerprint density at radius 3 is 2.10 bits per heavy atom. The summed E-state index contributed by atoms with van der Waals surface area (Å²) in [5, 5.41) is 0. The zero-order valence-corrected chi connectivity index (χ0v) is 12.6. The maximum atomic E-state index is 6.24. The van der Waals surface area contributed by atoms with Gasteiger partial charge in [-0.2, -0.15) is 0 Å². The zero-order chi connectivity index (χ0) is 14.5. The maximum absolute atomic E-state index is 6.24. The van der Waals surface area contributed by atoms with Gasteiger partial charge in [0.1, 0.15) is 0 Å². The van der Waals surface area contributed by atoms with Crippen LogP contribution in [0.2, 0.25) is 0 Å². The summed E-state index contributed by atoms with van der Waals surface area (Å²) in [6.07, 6.45) is 5.85. The normalized spacial score (nSPS) is 22.4. The number of benzene rings is 1. The van der Waals surface area contributed by atoms with Crippen molar-refractivity contribution in [2.24, 2.45) is 11.7 Å². The Labute approximate surface area is 121 Å². The molecule has 1 aliphatic rings. The van der Waals surface area contributed by atoms with Gasteiger partial charge in [-0.1, -0.05) is 12.8 Å². The minimum Gasteiger partial charge on any atom is -0.493 e. The van der Waals surface area contributed by atoms with Crippen LogP contribution in [0.4, 0.5) is 0 Å². The van der Waals surface area contributed by atoms with E-state index in [2.05, 4.69) is 0 Å². The van der Waals surface area contributed by atoms with Crippen molar-refractivity contribution in [2.75, 3.05) is 21.3 Å². The molecule has 2 atom stereocenters. The first-order valence-corrected chi connectivity index (χ1v) is 7.24. The second-order valence-corrected chi connectivity index (χ2v) is 5.45. The highest BCUT2D eigenvalue weighted by molar-refractivity contribution is 5.53. The molecule has 1 saturated carbocycles. The van der Waals surface area contributed by atoms with E-state index < -0.39 is 0 Å². The molecule has 112 valence electrons. The summed E-state index contributed by atoms with van der Waals surface area (Å²) < 4.78 is 16.1. The van der Waals surface area contributed by atoms with E-state index in [0.29, 0.717) is 29.2 Å². The lowest BCUT2D eigenvalue weighted by Crippen LogP contribution is -2.34. The van der Waals surface area contributed by atoms with Crippen LogP contribution in [-0.2, 0) is 6.42 Å². The molecule has 4 heteroatoms. The summed E-state index contributed by atoms with van der Waals surface area (Å²) in [5.41, 5.74) is 7.43. The van der Waals surface area contributed by atoms with E-state index in [0.717, 1.165) is 12.8 Å². The Morgan fingerprint density at radius 1 is 1.00 bits per heavy atom. The summed E-state index contributed by atoms with van der Waals surface area (Å²) in [4.78, 5) is 0. The third-order valence-corrected chi connectivity index (χ3v) is 4.19. The van der Waals surface area contributed by atoms with Crippen molar-refractivity contribution < 1.29 is 14.2 Å². The van der Waals surface area contributed by atoms with Crippen LogP contribution >= 0.6 is 0 Å². The van der Waals surface area contributed by atoms with Gasteiger partial charge in [0.15, 0.2) is 11.5 Å². The lowest BCUT2D eigenvalue weighted by Gasteiger charge is -2.29. The van der Waals surface area contributed by atoms with Gasteiger partial charge in [0, 0.05) is 6.04 Å². The van der Waals surface area contributed by atoms with E-state index in [1.165, 1.54) is 24.8 Å². The summed E-state index contributed by atoms with van der Waals surface area (Å²) in [6.45, 7) is 0. The Morgan fingerprint density at radius 2 is 1.60 bits per heavy atom. The Hall–Kier alpha value is -1.42. The Balaban J connectivity index is 2.23. The third kappa shape index (κ3) is 3.18. The predicted octanol–water partition coefficient (Wildman–Crippen LogP) is 2.77. The first kappa shape index (κ1) is 15.0. The van der Waals surface area contributed by atoms with Crippen LogP contribution in [0.25, 0.3) is 0 Å². The highest BCUT2D eigenvalue weighted by atomic mass is 16.5. The quantitative estimate of drug-likeness (QED) is 0.900. The van der Waals surface area contributed by atoms with Gasteiger partial charge in [-0.3, -0.25) is 0 Å². The molecule has 0 aliphatic heterocycles. The molecule has 2 N–H and O–H groups in total. The SMILES string of the molecule is COc1cc(CC2CCCCC2N)cc(OC)c1OC. The summed E-state index contributed by atoms with van der Waals surface area (Å²) >= 11 is 0. The molecule has 0 spiro atoms. The van der Waals surface area contributed by atoms with Gasteiger partial charge in [0.2, 0.25) is 5.75 Å². The molecule has 1 fully saturated rings. The van der Waals surface area contributed by atoms with Crippen molar-refractivity contribution in [3.05, 3.63) is 17.7 Å². The average Bonchev–Trinajstić information content (AvgIpc) is 2.48. The predicted molar refractivity (Wildman–Crippen MR) is 79.7 cm³/mol. The number of hydrogen-bond acceptors (Lipinski definition) is 4. The molecule has 0 amide bonds. The minimum absolute atomic E-state index is 0.308. The molecular weight excluding hydrogens is 254 g/mol. The first-order valence-electron chi connectivity index (χ1n) is 7.24. The van der Waals surface area contributed by atoms with Crippen molar-refractivity contribution in [3.63, 3.8) is 0 Å². The van der Waals surface area contributed by atoms with Crippen LogP contribution < -0.4 is 19.9 Å². The Bertz CT molecular complexity index is 422. The van der Waals surface area contributed by atoms with Crippen molar-refractivity contribution in [3.8, 4) is 17.2 Å². The fourth-order valence-electron chi connectivity index (χ4n) is 3.05. The van der Waals surface area contributed by atoms with Gasteiger partial charge < -0.3 is 19.9 Å².